The summed E-state index contributed by atoms with van der Waals surface area (Å²) in [6, 6.07) is 4.85. The van der Waals surface area contributed by atoms with Crippen LogP contribution in [0, 0.1) is 0 Å². The summed E-state index contributed by atoms with van der Waals surface area (Å²) in [5.74, 6) is -1.00. The van der Waals surface area contributed by atoms with E-state index in [1.54, 1.807) is 18.2 Å². The molecule has 0 aliphatic rings. The Kier molecular flexibility index (Phi) is 3.34. The van der Waals surface area contributed by atoms with Crippen molar-refractivity contribution in [3.8, 4) is 0 Å². The third-order valence-corrected chi connectivity index (χ3v) is 1.74. The van der Waals surface area contributed by atoms with Crippen LogP contribution in [0.4, 0.5) is 0 Å². The van der Waals surface area contributed by atoms with E-state index in [2.05, 4.69) is 0 Å². The monoisotopic (exact) mass is 216 g/mol. The molecule has 0 atom stereocenters. The molecule has 68 valence electrons. The van der Waals surface area contributed by atoms with Crippen LogP contribution < -0.4 is 0 Å². The van der Waals surface area contributed by atoms with E-state index < -0.39 is 5.97 Å². The molecule has 0 aliphatic heterocycles. The molecule has 0 saturated heterocycles. The summed E-state index contributed by atoms with van der Waals surface area (Å²) >= 11 is 11.4. The number of rotatable bonds is 2. The van der Waals surface area contributed by atoms with E-state index in [1.165, 1.54) is 6.08 Å². The molecule has 2 nitrogen and oxygen atoms in total. The van der Waals surface area contributed by atoms with Gasteiger partial charge in [0.1, 0.15) is 0 Å². The normalized spacial score (nSPS) is 10.6. The topological polar surface area (TPSA) is 37.3 Å². The van der Waals surface area contributed by atoms with E-state index in [9.17, 15) is 4.79 Å². The lowest BCUT2D eigenvalue weighted by atomic mass is 10.2. The maximum atomic E-state index is 10.2. The van der Waals surface area contributed by atoms with E-state index in [0.717, 1.165) is 6.08 Å². The first-order valence-electron chi connectivity index (χ1n) is 3.45. The summed E-state index contributed by atoms with van der Waals surface area (Å²) in [7, 11) is 0. The molecular weight excluding hydrogens is 211 g/mol. The minimum Gasteiger partial charge on any atom is -0.478 e. The third kappa shape index (κ3) is 3.49. The van der Waals surface area contributed by atoms with E-state index in [0.29, 0.717) is 15.6 Å². The first-order valence-corrected chi connectivity index (χ1v) is 4.20. The second-order valence-electron chi connectivity index (χ2n) is 2.37. The smallest absolute Gasteiger partial charge is 0.328 e. The van der Waals surface area contributed by atoms with Crippen LogP contribution in [0.25, 0.3) is 6.08 Å². The van der Waals surface area contributed by atoms with Gasteiger partial charge < -0.3 is 5.11 Å². The molecule has 0 aliphatic carbocycles. The number of halogens is 2. The van der Waals surface area contributed by atoms with Crippen LogP contribution in [-0.2, 0) is 4.79 Å². The van der Waals surface area contributed by atoms with Crippen LogP contribution in [0.2, 0.25) is 10.0 Å². The Balaban J connectivity index is 2.95. The van der Waals surface area contributed by atoms with Crippen LogP contribution in [0.1, 0.15) is 5.56 Å². The van der Waals surface area contributed by atoms with Crippen molar-refractivity contribution < 1.29 is 9.90 Å². The van der Waals surface area contributed by atoms with E-state index in [1.807, 2.05) is 0 Å². The van der Waals surface area contributed by atoms with Crippen molar-refractivity contribution in [2.24, 2.45) is 0 Å². The van der Waals surface area contributed by atoms with Crippen LogP contribution in [0.15, 0.2) is 24.3 Å². The SMILES string of the molecule is O=C(O)/C=C\c1cc(Cl)cc(Cl)c1. The number of hydrogen-bond acceptors (Lipinski definition) is 1. The Bertz CT molecular complexity index is 338. The fourth-order valence-corrected chi connectivity index (χ4v) is 1.38. The van der Waals surface area contributed by atoms with Gasteiger partial charge in [-0.05, 0) is 29.8 Å². The van der Waals surface area contributed by atoms with Gasteiger partial charge in [-0.3, -0.25) is 0 Å². The number of benzene rings is 1. The van der Waals surface area contributed by atoms with Gasteiger partial charge in [-0.1, -0.05) is 23.2 Å². The van der Waals surface area contributed by atoms with Crippen molar-refractivity contribution in [3.63, 3.8) is 0 Å². The summed E-state index contributed by atoms with van der Waals surface area (Å²) < 4.78 is 0. The Morgan fingerprint density at radius 3 is 2.23 bits per heavy atom. The zero-order valence-electron chi connectivity index (χ0n) is 6.50. The highest BCUT2D eigenvalue weighted by Crippen LogP contribution is 2.19. The molecule has 13 heavy (non-hydrogen) atoms. The fourth-order valence-electron chi connectivity index (χ4n) is 0.839. The molecule has 4 heteroatoms. The molecule has 1 N–H and O–H groups in total. The van der Waals surface area contributed by atoms with Crippen molar-refractivity contribution in [2.75, 3.05) is 0 Å². The average Bonchev–Trinajstić information content (AvgIpc) is 1.99. The van der Waals surface area contributed by atoms with Gasteiger partial charge in [-0.25, -0.2) is 4.79 Å². The standard InChI is InChI=1S/C9H6Cl2O2/c10-7-3-6(1-2-9(12)13)4-8(11)5-7/h1-5H,(H,12,13)/b2-1-. The highest BCUT2D eigenvalue weighted by atomic mass is 35.5. The zero-order valence-corrected chi connectivity index (χ0v) is 8.01. The Morgan fingerprint density at radius 1 is 1.23 bits per heavy atom. The molecule has 1 aromatic rings. The minimum absolute atomic E-state index is 0.484. The van der Waals surface area contributed by atoms with Gasteiger partial charge in [0.25, 0.3) is 0 Å². The van der Waals surface area contributed by atoms with Gasteiger partial charge in [-0.15, -0.1) is 0 Å². The van der Waals surface area contributed by atoms with Crippen molar-refractivity contribution in [3.05, 3.63) is 39.9 Å². The molecule has 0 saturated carbocycles. The molecule has 0 heterocycles. The highest BCUT2D eigenvalue weighted by molar-refractivity contribution is 6.34. The second-order valence-corrected chi connectivity index (χ2v) is 3.25. The molecule has 0 radical (unpaired) electrons. The quantitative estimate of drug-likeness (QED) is 0.772. The van der Waals surface area contributed by atoms with Crippen molar-refractivity contribution in [2.45, 2.75) is 0 Å². The number of hydrogen-bond donors (Lipinski definition) is 1. The molecule has 0 fully saturated rings. The van der Waals surface area contributed by atoms with Crippen LogP contribution in [0.3, 0.4) is 0 Å². The predicted octanol–water partition coefficient (Wildman–Crippen LogP) is 3.09. The van der Waals surface area contributed by atoms with Crippen LogP contribution in [-0.4, -0.2) is 11.1 Å². The number of carboxylic acids is 1. The number of aliphatic carboxylic acids is 1. The summed E-state index contributed by atoms with van der Waals surface area (Å²) in [4.78, 5) is 10.2. The van der Waals surface area contributed by atoms with Gasteiger partial charge >= 0.3 is 5.97 Å². The third-order valence-electron chi connectivity index (χ3n) is 1.30. The van der Waals surface area contributed by atoms with Gasteiger partial charge in [0, 0.05) is 16.1 Å². The summed E-state index contributed by atoms with van der Waals surface area (Å²) in [5, 5.41) is 9.33. The van der Waals surface area contributed by atoms with Gasteiger partial charge in [0.05, 0.1) is 0 Å². The summed E-state index contributed by atoms with van der Waals surface area (Å²) in [6.07, 6.45) is 2.46. The molecular formula is C9H6Cl2O2. The Morgan fingerprint density at radius 2 is 1.77 bits per heavy atom. The van der Waals surface area contributed by atoms with E-state index in [4.69, 9.17) is 28.3 Å². The molecule has 0 bridgehead atoms. The first kappa shape index (κ1) is 10.1. The highest BCUT2D eigenvalue weighted by Gasteiger charge is 1.95. The van der Waals surface area contributed by atoms with Crippen LogP contribution in [0.5, 0.6) is 0 Å². The van der Waals surface area contributed by atoms with Crippen LogP contribution >= 0.6 is 23.2 Å². The van der Waals surface area contributed by atoms with Gasteiger partial charge in [-0.2, -0.15) is 0 Å². The molecule has 0 unspecified atom stereocenters. The van der Waals surface area contributed by atoms with Crippen molar-refractivity contribution in [1.29, 1.82) is 0 Å². The van der Waals surface area contributed by atoms with Crippen molar-refractivity contribution in [1.82, 2.24) is 0 Å². The molecule has 1 rings (SSSR count). The van der Waals surface area contributed by atoms with Gasteiger partial charge in [0.2, 0.25) is 0 Å². The summed E-state index contributed by atoms with van der Waals surface area (Å²) in [6.45, 7) is 0. The Hall–Kier alpha value is -0.990. The average molecular weight is 217 g/mol. The minimum atomic E-state index is -1.00. The van der Waals surface area contributed by atoms with E-state index >= 15 is 0 Å². The lowest BCUT2D eigenvalue weighted by Gasteiger charge is -1.95. The van der Waals surface area contributed by atoms with E-state index in [-0.39, 0.29) is 0 Å². The molecule has 0 aromatic heterocycles. The summed E-state index contributed by atoms with van der Waals surface area (Å²) in [5.41, 5.74) is 0.667. The molecule has 1 aromatic carbocycles. The number of carboxylic acid groups (broad SMARTS) is 1. The predicted molar refractivity (Wildman–Crippen MR) is 53.1 cm³/mol. The maximum absolute atomic E-state index is 10.2. The second kappa shape index (κ2) is 4.30. The lowest BCUT2D eigenvalue weighted by molar-refractivity contribution is -0.131. The zero-order chi connectivity index (χ0) is 9.84. The Labute approximate surface area is 85.4 Å². The number of carbonyl (C=O) groups is 1. The first-order chi connectivity index (χ1) is 6.08. The molecule has 0 amide bonds. The van der Waals surface area contributed by atoms with Crippen molar-refractivity contribution >= 4 is 35.2 Å². The molecule has 0 spiro atoms. The maximum Gasteiger partial charge on any atom is 0.328 e. The lowest BCUT2D eigenvalue weighted by Crippen LogP contribution is -1.85. The largest absolute Gasteiger partial charge is 0.478 e. The fraction of sp³-hybridized carbons (Fsp3) is 0. The van der Waals surface area contributed by atoms with Gasteiger partial charge in [0.15, 0.2) is 0 Å².